The molecule has 1 unspecified atom stereocenters. The van der Waals surface area contributed by atoms with Crippen LogP contribution in [0.3, 0.4) is 0 Å². The zero-order valence-electron chi connectivity index (χ0n) is 11.7. The lowest BCUT2D eigenvalue weighted by Crippen LogP contribution is -2.38. The highest BCUT2D eigenvalue weighted by Gasteiger charge is 2.18. The molecule has 1 saturated heterocycles. The van der Waals surface area contributed by atoms with Gasteiger partial charge in [0.1, 0.15) is 5.82 Å². The lowest BCUT2D eigenvalue weighted by atomic mass is 10.2. The average Bonchev–Trinajstić information content (AvgIpc) is 3.07. The standard InChI is InChI=1S/C15H22N4O/c20-9-8-19(10-12-4-3-7-16-12)11-15-17-13-5-1-2-6-14(13)18-15/h1-2,5-6,12,16,20H,3-4,7-11H2,(H,17,18). The van der Waals surface area contributed by atoms with Crippen LogP contribution in [0.2, 0.25) is 0 Å². The molecule has 5 heteroatoms. The molecule has 0 radical (unpaired) electrons. The zero-order valence-corrected chi connectivity index (χ0v) is 11.7. The van der Waals surface area contributed by atoms with Gasteiger partial charge in [0.2, 0.25) is 0 Å². The van der Waals surface area contributed by atoms with E-state index >= 15 is 0 Å². The predicted molar refractivity (Wildman–Crippen MR) is 79.5 cm³/mol. The molecule has 1 aromatic heterocycles. The van der Waals surface area contributed by atoms with Crippen molar-refractivity contribution in [2.75, 3.05) is 26.2 Å². The average molecular weight is 274 g/mol. The van der Waals surface area contributed by atoms with Crippen LogP contribution in [0.1, 0.15) is 18.7 Å². The number of aromatic amines is 1. The predicted octanol–water partition coefficient (Wildman–Crippen LogP) is 1.11. The summed E-state index contributed by atoms with van der Waals surface area (Å²) in [5, 5.41) is 12.7. The summed E-state index contributed by atoms with van der Waals surface area (Å²) in [7, 11) is 0. The molecule has 0 bridgehead atoms. The highest BCUT2D eigenvalue weighted by atomic mass is 16.3. The van der Waals surface area contributed by atoms with E-state index in [-0.39, 0.29) is 6.61 Å². The third-order valence-electron chi connectivity index (χ3n) is 3.87. The molecule has 0 spiro atoms. The van der Waals surface area contributed by atoms with Gasteiger partial charge in [0, 0.05) is 19.1 Å². The minimum atomic E-state index is 0.187. The second-order valence-corrected chi connectivity index (χ2v) is 5.45. The molecular weight excluding hydrogens is 252 g/mol. The maximum Gasteiger partial charge on any atom is 0.121 e. The van der Waals surface area contributed by atoms with Crippen molar-refractivity contribution in [1.29, 1.82) is 0 Å². The van der Waals surface area contributed by atoms with Crippen LogP contribution < -0.4 is 5.32 Å². The third-order valence-corrected chi connectivity index (χ3v) is 3.87. The van der Waals surface area contributed by atoms with E-state index in [4.69, 9.17) is 0 Å². The smallest absolute Gasteiger partial charge is 0.121 e. The summed E-state index contributed by atoms with van der Waals surface area (Å²) in [5.41, 5.74) is 2.08. The van der Waals surface area contributed by atoms with E-state index in [2.05, 4.69) is 20.2 Å². The van der Waals surface area contributed by atoms with Gasteiger partial charge in [0.25, 0.3) is 0 Å². The Morgan fingerprint density at radius 2 is 2.25 bits per heavy atom. The van der Waals surface area contributed by atoms with Crippen molar-refractivity contribution in [3.05, 3.63) is 30.1 Å². The van der Waals surface area contributed by atoms with Gasteiger partial charge in [-0.3, -0.25) is 4.90 Å². The molecule has 2 aromatic rings. The van der Waals surface area contributed by atoms with Crippen LogP contribution in [-0.4, -0.2) is 52.3 Å². The van der Waals surface area contributed by atoms with Crippen molar-refractivity contribution in [3.8, 4) is 0 Å². The van der Waals surface area contributed by atoms with Gasteiger partial charge in [-0.2, -0.15) is 0 Å². The summed E-state index contributed by atoms with van der Waals surface area (Å²) in [6, 6.07) is 8.62. The van der Waals surface area contributed by atoms with Gasteiger partial charge >= 0.3 is 0 Å². The molecule has 1 aliphatic rings. The number of rotatable bonds is 6. The Labute approximate surface area is 119 Å². The van der Waals surface area contributed by atoms with Crippen LogP contribution in [0, 0.1) is 0 Å². The van der Waals surface area contributed by atoms with E-state index in [1.54, 1.807) is 0 Å². The second kappa shape index (κ2) is 6.35. The first-order chi connectivity index (χ1) is 9.85. The number of fused-ring (bicyclic) bond motifs is 1. The van der Waals surface area contributed by atoms with Gasteiger partial charge in [-0.15, -0.1) is 0 Å². The van der Waals surface area contributed by atoms with Gasteiger partial charge in [0.05, 0.1) is 24.2 Å². The Morgan fingerprint density at radius 3 is 3.00 bits per heavy atom. The van der Waals surface area contributed by atoms with Crippen LogP contribution in [0.15, 0.2) is 24.3 Å². The molecule has 1 aliphatic heterocycles. The second-order valence-electron chi connectivity index (χ2n) is 5.45. The van der Waals surface area contributed by atoms with E-state index in [1.807, 2.05) is 24.3 Å². The number of benzene rings is 1. The monoisotopic (exact) mass is 274 g/mol. The number of imidazole rings is 1. The Balaban J connectivity index is 1.68. The highest BCUT2D eigenvalue weighted by molar-refractivity contribution is 5.74. The number of aromatic nitrogens is 2. The molecule has 3 rings (SSSR count). The molecule has 1 aromatic carbocycles. The number of nitrogens with zero attached hydrogens (tertiary/aromatic N) is 2. The van der Waals surface area contributed by atoms with Gasteiger partial charge in [-0.25, -0.2) is 4.98 Å². The summed E-state index contributed by atoms with van der Waals surface area (Å²) in [5.74, 6) is 0.970. The fourth-order valence-electron chi connectivity index (χ4n) is 2.89. The van der Waals surface area contributed by atoms with Crippen LogP contribution in [0.25, 0.3) is 11.0 Å². The third kappa shape index (κ3) is 3.17. The number of para-hydroxylation sites is 2. The normalized spacial score (nSPS) is 19.2. The van der Waals surface area contributed by atoms with Crippen LogP contribution >= 0.6 is 0 Å². The topological polar surface area (TPSA) is 64.2 Å². The van der Waals surface area contributed by atoms with Crippen LogP contribution in [0.5, 0.6) is 0 Å². The first kappa shape index (κ1) is 13.5. The van der Waals surface area contributed by atoms with Crippen LogP contribution in [0.4, 0.5) is 0 Å². The number of aliphatic hydroxyl groups is 1. The van der Waals surface area contributed by atoms with Crippen LogP contribution in [-0.2, 0) is 6.54 Å². The van der Waals surface area contributed by atoms with E-state index in [0.29, 0.717) is 12.6 Å². The molecule has 20 heavy (non-hydrogen) atoms. The fourth-order valence-corrected chi connectivity index (χ4v) is 2.89. The zero-order chi connectivity index (χ0) is 13.8. The first-order valence-corrected chi connectivity index (χ1v) is 7.35. The van der Waals surface area contributed by atoms with Crippen molar-refractivity contribution in [1.82, 2.24) is 20.2 Å². The quantitative estimate of drug-likeness (QED) is 0.738. The van der Waals surface area contributed by atoms with E-state index in [9.17, 15) is 5.11 Å². The molecular formula is C15H22N4O. The maximum atomic E-state index is 9.24. The summed E-state index contributed by atoms with van der Waals surface area (Å²) in [6.45, 7) is 3.72. The number of aliphatic hydroxyl groups excluding tert-OH is 1. The maximum absolute atomic E-state index is 9.24. The number of H-pyrrole nitrogens is 1. The summed E-state index contributed by atoms with van der Waals surface area (Å²) >= 11 is 0. The Kier molecular flexibility index (Phi) is 4.30. The van der Waals surface area contributed by atoms with Crippen molar-refractivity contribution in [2.24, 2.45) is 0 Å². The van der Waals surface area contributed by atoms with Crippen molar-refractivity contribution < 1.29 is 5.11 Å². The molecule has 3 N–H and O–H groups in total. The van der Waals surface area contributed by atoms with Crippen molar-refractivity contribution >= 4 is 11.0 Å². The molecule has 0 saturated carbocycles. The van der Waals surface area contributed by atoms with Gasteiger partial charge in [0.15, 0.2) is 0 Å². The first-order valence-electron chi connectivity index (χ1n) is 7.35. The lowest BCUT2D eigenvalue weighted by Gasteiger charge is -2.23. The summed E-state index contributed by atoms with van der Waals surface area (Å²) < 4.78 is 0. The molecule has 2 heterocycles. The summed E-state index contributed by atoms with van der Waals surface area (Å²) in [4.78, 5) is 10.2. The largest absolute Gasteiger partial charge is 0.395 e. The molecule has 108 valence electrons. The Hall–Kier alpha value is -1.43. The Morgan fingerprint density at radius 1 is 1.35 bits per heavy atom. The van der Waals surface area contributed by atoms with Crippen molar-refractivity contribution in [2.45, 2.75) is 25.4 Å². The SMILES string of the molecule is OCCN(Cc1nc2ccccc2[nH]1)CC1CCCN1. The highest BCUT2D eigenvalue weighted by Crippen LogP contribution is 2.13. The van der Waals surface area contributed by atoms with E-state index in [1.165, 1.54) is 12.8 Å². The van der Waals surface area contributed by atoms with Crippen molar-refractivity contribution in [3.63, 3.8) is 0 Å². The molecule has 1 atom stereocenters. The van der Waals surface area contributed by atoms with Gasteiger partial charge in [-0.1, -0.05) is 12.1 Å². The van der Waals surface area contributed by atoms with Gasteiger partial charge < -0.3 is 15.4 Å². The number of hydrogen-bond donors (Lipinski definition) is 3. The molecule has 1 fully saturated rings. The number of nitrogens with one attached hydrogen (secondary N) is 2. The molecule has 5 nitrogen and oxygen atoms in total. The Bertz CT molecular complexity index is 515. The summed E-state index contributed by atoms with van der Waals surface area (Å²) in [6.07, 6.45) is 2.48. The fraction of sp³-hybridized carbons (Fsp3) is 0.533. The molecule has 0 aliphatic carbocycles. The minimum absolute atomic E-state index is 0.187. The number of hydrogen-bond acceptors (Lipinski definition) is 4. The molecule has 0 amide bonds. The van der Waals surface area contributed by atoms with E-state index in [0.717, 1.165) is 36.5 Å². The lowest BCUT2D eigenvalue weighted by molar-refractivity contribution is 0.176. The van der Waals surface area contributed by atoms with E-state index < -0.39 is 0 Å². The minimum Gasteiger partial charge on any atom is -0.395 e. The van der Waals surface area contributed by atoms with Gasteiger partial charge in [-0.05, 0) is 31.5 Å².